The Kier molecular flexibility index (Phi) is 5.88. The fourth-order valence-electron chi connectivity index (χ4n) is 5.04. The highest BCUT2D eigenvalue weighted by Gasteiger charge is 2.29. The van der Waals surface area contributed by atoms with Gasteiger partial charge >= 0.3 is 0 Å². The van der Waals surface area contributed by atoms with Gasteiger partial charge in [0.25, 0.3) is 5.91 Å². The summed E-state index contributed by atoms with van der Waals surface area (Å²) in [5, 5.41) is 0.779. The Labute approximate surface area is 220 Å². The molecule has 1 saturated carbocycles. The fourth-order valence-corrected chi connectivity index (χ4v) is 5.85. The Morgan fingerprint density at radius 3 is 2.68 bits per heavy atom. The van der Waals surface area contributed by atoms with Gasteiger partial charge in [-0.05, 0) is 61.2 Å². The van der Waals surface area contributed by atoms with Crippen LogP contribution in [-0.2, 0) is 27.7 Å². The minimum Gasteiger partial charge on any atom is -0.383 e. The summed E-state index contributed by atoms with van der Waals surface area (Å²) in [4.78, 5) is 28.5. The van der Waals surface area contributed by atoms with Crippen molar-refractivity contribution in [3.63, 3.8) is 0 Å². The van der Waals surface area contributed by atoms with E-state index < -0.39 is 9.84 Å². The lowest BCUT2D eigenvalue weighted by Crippen LogP contribution is -2.32. The van der Waals surface area contributed by atoms with Gasteiger partial charge in [-0.1, -0.05) is 12.1 Å². The molecule has 0 unspecified atom stereocenters. The lowest BCUT2D eigenvalue weighted by Gasteiger charge is -2.25. The third-order valence-corrected chi connectivity index (χ3v) is 8.14. The molecule has 1 aliphatic heterocycles. The molecule has 9 nitrogen and oxygen atoms in total. The Morgan fingerprint density at radius 1 is 1.16 bits per heavy atom. The second-order valence-corrected chi connectivity index (χ2v) is 11.9. The predicted octanol–water partition coefficient (Wildman–Crippen LogP) is 4.33. The number of rotatable bonds is 6. The summed E-state index contributed by atoms with van der Waals surface area (Å²) >= 11 is 0. The number of aromatic nitrogens is 3. The molecule has 38 heavy (non-hydrogen) atoms. The Morgan fingerprint density at radius 2 is 1.97 bits per heavy atom. The van der Waals surface area contributed by atoms with Gasteiger partial charge in [-0.3, -0.25) is 9.78 Å². The molecule has 0 saturated heterocycles. The first-order valence-corrected chi connectivity index (χ1v) is 14.3. The highest BCUT2D eigenvalue weighted by Crippen LogP contribution is 2.39. The quantitative estimate of drug-likeness (QED) is 0.391. The third-order valence-electron chi connectivity index (χ3n) is 7.12. The summed E-state index contributed by atoms with van der Waals surface area (Å²) < 4.78 is 31.0. The second kappa shape index (κ2) is 9.14. The zero-order chi connectivity index (χ0) is 26.6. The van der Waals surface area contributed by atoms with E-state index in [1.54, 1.807) is 24.4 Å². The maximum absolute atomic E-state index is 13.8. The molecule has 10 heteroatoms. The van der Waals surface area contributed by atoms with Crippen molar-refractivity contribution < 1.29 is 17.9 Å². The van der Waals surface area contributed by atoms with Crippen LogP contribution >= 0.6 is 0 Å². The van der Waals surface area contributed by atoms with Gasteiger partial charge in [0.1, 0.15) is 5.82 Å². The van der Waals surface area contributed by atoms with E-state index >= 15 is 0 Å². The monoisotopic (exact) mass is 529 g/mol. The Bertz CT molecular complexity index is 1680. The number of nitrogens with zero attached hydrogens (tertiary/aromatic N) is 4. The van der Waals surface area contributed by atoms with Gasteiger partial charge < -0.3 is 15.4 Å². The molecule has 0 radical (unpaired) electrons. The maximum atomic E-state index is 13.8. The van der Waals surface area contributed by atoms with Crippen LogP contribution in [0.4, 0.5) is 11.5 Å². The number of ether oxygens (including phenoxy) is 1. The van der Waals surface area contributed by atoms with E-state index in [1.165, 1.54) is 11.1 Å². The van der Waals surface area contributed by atoms with Crippen molar-refractivity contribution in [3.05, 3.63) is 82.8 Å². The number of carbonyl (C=O) groups excluding carboxylic acids is 1. The summed E-state index contributed by atoms with van der Waals surface area (Å²) in [5.41, 5.74) is 11.2. The third kappa shape index (κ3) is 4.39. The number of anilines is 2. The second-order valence-electron chi connectivity index (χ2n) is 9.93. The standard InChI is InChI=1S/C28H27N5O4S/c1-16-25-21(15-37-16)20-9-5-17(12-23(20)32-26(25)29)14-33(24-4-3-11-30-27(24)38(2,35)36)28(34)19-8-10-22(31-13-19)18-6-7-18/h3-5,8-13,16,18H,6-7,14-15H2,1-2H3,(H2,29,32)/t16-/m0/s1. The largest absolute Gasteiger partial charge is 0.383 e. The van der Waals surface area contributed by atoms with Crippen LogP contribution in [0.1, 0.15) is 64.5 Å². The maximum Gasteiger partial charge on any atom is 0.260 e. The van der Waals surface area contributed by atoms with Gasteiger partial charge in [-0.2, -0.15) is 0 Å². The molecule has 1 aromatic carbocycles. The number of sulfone groups is 1. The van der Waals surface area contributed by atoms with Crippen molar-refractivity contribution in [3.8, 4) is 0 Å². The average Bonchev–Trinajstić information content (AvgIpc) is 3.68. The molecule has 1 aliphatic carbocycles. The van der Waals surface area contributed by atoms with Crippen molar-refractivity contribution in [2.75, 3.05) is 16.9 Å². The van der Waals surface area contributed by atoms with Crippen LogP contribution in [0.25, 0.3) is 10.9 Å². The minimum absolute atomic E-state index is 0.0962. The van der Waals surface area contributed by atoms with Crippen molar-refractivity contribution >= 4 is 38.2 Å². The molecule has 4 heterocycles. The molecule has 1 fully saturated rings. The molecule has 2 N–H and O–H groups in total. The van der Waals surface area contributed by atoms with Crippen LogP contribution in [0.15, 0.2) is 59.9 Å². The van der Waals surface area contributed by atoms with E-state index in [0.29, 0.717) is 29.4 Å². The number of fused-ring (bicyclic) bond motifs is 3. The van der Waals surface area contributed by atoms with E-state index in [0.717, 1.165) is 46.9 Å². The zero-order valence-corrected chi connectivity index (χ0v) is 21.9. The molecule has 3 aromatic heterocycles. The summed E-state index contributed by atoms with van der Waals surface area (Å²) in [6.45, 7) is 2.51. The lowest BCUT2D eigenvalue weighted by molar-refractivity contribution is 0.0801. The van der Waals surface area contributed by atoms with Gasteiger partial charge in [-0.25, -0.2) is 18.4 Å². The van der Waals surface area contributed by atoms with E-state index in [2.05, 4.69) is 15.0 Å². The smallest absolute Gasteiger partial charge is 0.260 e. The van der Waals surface area contributed by atoms with Crippen LogP contribution < -0.4 is 10.6 Å². The number of pyridine rings is 3. The first kappa shape index (κ1) is 24.4. The molecule has 1 amide bonds. The van der Waals surface area contributed by atoms with Gasteiger partial charge in [-0.15, -0.1) is 0 Å². The SMILES string of the molecule is C[C@@H]1OCc2c1c(N)nc1cc(CN(C(=O)c3ccc(C4CC4)nc3)c3cccnc3S(C)(=O)=O)ccc21. The summed E-state index contributed by atoms with van der Waals surface area (Å²) in [6, 6.07) is 12.6. The van der Waals surface area contributed by atoms with Gasteiger partial charge in [0.15, 0.2) is 14.9 Å². The number of carbonyl (C=O) groups is 1. The Hall–Kier alpha value is -3.89. The van der Waals surface area contributed by atoms with Gasteiger partial charge in [0, 0.05) is 41.2 Å². The number of nitrogens with two attached hydrogens (primary N) is 1. The van der Waals surface area contributed by atoms with Crippen molar-refractivity contribution in [2.24, 2.45) is 0 Å². The first-order valence-electron chi connectivity index (χ1n) is 12.5. The van der Waals surface area contributed by atoms with E-state index in [1.807, 2.05) is 31.2 Å². The molecule has 2 aliphatic rings. The van der Waals surface area contributed by atoms with Crippen LogP contribution in [0, 0.1) is 0 Å². The van der Waals surface area contributed by atoms with Crippen LogP contribution in [0.2, 0.25) is 0 Å². The first-order chi connectivity index (χ1) is 18.2. The molecule has 4 aromatic rings. The van der Waals surface area contributed by atoms with E-state index in [4.69, 9.17) is 10.5 Å². The summed E-state index contributed by atoms with van der Waals surface area (Å²) in [5.74, 6) is 0.510. The van der Waals surface area contributed by atoms with Crippen molar-refractivity contribution in [2.45, 2.75) is 50.0 Å². The van der Waals surface area contributed by atoms with Gasteiger partial charge in [0.05, 0.1) is 36.0 Å². The van der Waals surface area contributed by atoms with Crippen LogP contribution in [0.5, 0.6) is 0 Å². The van der Waals surface area contributed by atoms with Crippen LogP contribution in [0.3, 0.4) is 0 Å². The number of amides is 1. The van der Waals surface area contributed by atoms with E-state index in [-0.39, 0.29) is 29.3 Å². The summed E-state index contributed by atoms with van der Waals surface area (Å²) in [6.07, 6.45) is 6.14. The molecule has 194 valence electrons. The number of benzene rings is 1. The van der Waals surface area contributed by atoms with Gasteiger partial charge in [0.2, 0.25) is 0 Å². The highest BCUT2D eigenvalue weighted by molar-refractivity contribution is 7.90. The molecule has 0 spiro atoms. The van der Waals surface area contributed by atoms with E-state index in [9.17, 15) is 13.2 Å². The summed E-state index contributed by atoms with van der Waals surface area (Å²) in [7, 11) is -3.71. The minimum atomic E-state index is -3.71. The normalized spacial score (nSPS) is 16.9. The van der Waals surface area contributed by atoms with Crippen molar-refractivity contribution in [1.29, 1.82) is 0 Å². The number of hydrogen-bond acceptors (Lipinski definition) is 8. The molecule has 6 rings (SSSR count). The van der Waals surface area contributed by atoms with Crippen LogP contribution in [-0.4, -0.2) is 35.5 Å². The molecular formula is C28H27N5O4S. The molecule has 0 bridgehead atoms. The topological polar surface area (TPSA) is 128 Å². The number of nitrogen functional groups attached to an aromatic ring is 1. The molecule has 1 atom stereocenters. The zero-order valence-electron chi connectivity index (χ0n) is 21.1. The molecular weight excluding hydrogens is 502 g/mol. The number of hydrogen-bond donors (Lipinski definition) is 1. The average molecular weight is 530 g/mol. The predicted molar refractivity (Wildman–Crippen MR) is 143 cm³/mol. The Balaban J connectivity index is 1.42. The fraction of sp³-hybridized carbons (Fsp3) is 0.286. The van der Waals surface area contributed by atoms with Crippen molar-refractivity contribution in [1.82, 2.24) is 15.0 Å². The lowest BCUT2D eigenvalue weighted by atomic mass is 10.0. The highest BCUT2D eigenvalue weighted by atomic mass is 32.2.